The molecule has 2 rings (SSSR count). The number of hydrogen-bond acceptors (Lipinski definition) is 3. The third-order valence-electron chi connectivity index (χ3n) is 2.94. The second kappa shape index (κ2) is 6.29. The van der Waals surface area contributed by atoms with Gasteiger partial charge in [0, 0.05) is 6.20 Å². The molecule has 0 spiro atoms. The fraction of sp³-hybridized carbons (Fsp3) is 0.267. The van der Waals surface area contributed by atoms with Gasteiger partial charge in [-0.05, 0) is 42.8 Å². The molecule has 1 heterocycles. The third kappa shape index (κ3) is 3.51. The lowest BCUT2D eigenvalue weighted by molar-refractivity contribution is 0.473. The first-order chi connectivity index (χ1) is 9.20. The van der Waals surface area contributed by atoms with Crippen LogP contribution in [0.5, 0.6) is 5.75 Å². The van der Waals surface area contributed by atoms with Crippen LogP contribution >= 0.6 is 0 Å². The third-order valence-corrected chi connectivity index (χ3v) is 2.94. The van der Waals surface area contributed by atoms with E-state index in [1.807, 2.05) is 19.1 Å². The van der Waals surface area contributed by atoms with Crippen LogP contribution in [-0.4, -0.2) is 16.6 Å². The van der Waals surface area contributed by atoms with Gasteiger partial charge in [-0.15, -0.1) is 0 Å². The summed E-state index contributed by atoms with van der Waals surface area (Å²) in [5.74, 6) is -0.0694. The average Bonchev–Trinajstić information content (AvgIpc) is 2.41. The maximum atomic E-state index is 13.8. The smallest absolute Gasteiger partial charge is 0.146 e. The van der Waals surface area contributed by atoms with Crippen molar-refractivity contribution in [3.8, 4) is 5.75 Å². The Labute approximate surface area is 112 Å². The summed E-state index contributed by atoms with van der Waals surface area (Å²) in [6.07, 6.45) is 2.22. The maximum Gasteiger partial charge on any atom is 0.146 e. The maximum absolute atomic E-state index is 13.8. The molecule has 100 valence electrons. The molecule has 1 aromatic carbocycles. The molecule has 0 fully saturated rings. The van der Waals surface area contributed by atoms with Gasteiger partial charge in [0.15, 0.2) is 0 Å². The molecular formula is C15H17FN2O. The number of rotatable bonds is 5. The fourth-order valence-corrected chi connectivity index (χ4v) is 2.03. The topological polar surface area (TPSA) is 45.1 Å². The van der Waals surface area contributed by atoms with Crippen molar-refractivity contribution in [1.29, 1.82) is 0 Å². The number of nitrogens with one attached hydrogen (secondary N) is 1. The first-order valence-corrected chi connectivity index (χ1v) is 6.32. The molecule has 0 aliphatic rings. The Bertz CT molecular complexity index is 528. The van der Waals surface area contributed by atoms with Gasteiger partial charge >= 0.3 is 0 Å². The highest BCUT2D eigenvalue weighted by Gasteiger charge is 2.16. The van der Waals surface area contributed by atoms with Crippen LogP contribution in [0.15, 0.2) is 42.6 Å². The van der Waals surface area contributed by atoms with E-state index >= 15 is 0 Å². The van der Waals surface area contributed by atoms with E-state index in [0.717, 1.165) is 12.1 Å². The van der Waals surface area contributed by atoms with Gasteiger partial charge in [-0.2, -0.15) is 0 Å². The van der Waals surface area contributed by atoms with Crippen LogP contribution in [0.1, 0.15) is 24.2 Å². The van der Waals surface area contributed by atoms with Gasteiger partial charge in [-0.3, -0.25) is 4.98 Å². The van der Waals surface area contributed by atoms with Crippen molar-refractivity contribution in [3.63, 3.8) is 0 Å². The largest absolute Gasteiger partial charge is 0.508 e. The van der Waals surface area contributed by atoms with Crippen molar-refractivity contribution in [3.05, 3.63) is 59.7 Å². The van der Waals surface area contributed by atoms with Crippen LogP contribution in [0, 0.1) is 5.82 Å². The molecule has 2 aromatic rings. The summed E-state index contributed by atoms with van der Waals surface area (Å²) in [6.45, 7) is 2.71. The summed E-state index contributed by atoms with van der Waals surface area (Å²) < 4.78 is 13.8. The minimum Gasteiger partial charge on any atom is -0.508 e. The predicted octanol–water partition coefficient (Wildman–Crippen LogP) is 2.82. The van der Waals surface area contributed by atoms with Crippen LogP contribution in [-0.2, 0) is 6.42 Å². The van der Waals surface area contributed by atoms with Crippen molar-refractivity contribution < 1.29 is 9.50 Å². The second-order valence-corrected chi connectivity index (χ2v) is 4.35. The Balaban J connectivity index is 2.21. The van der Waals surface area contributed by atoms with E-state index in [9.17, 15) is 9.50 Å². The van der Waals surface area contributed by atoms with Crippen molar-refractivity contribution in [2.24, 2.45) is 0 Å². The van der Waals surface area contributed by atoms with Crippen LogP contribution < -0.4 is 5.32 Å². The molecule has 1 unspecified atom stereocenters. The Morgan fingerprint density at radius 2 is 2.00 bits per heavy atom. The van der Waals surface area contributed by atoms with Crippen LogP contribution in [0.4, 0.5) is 4.39 Å². The molecule has 4 heteroatoms. The lowest BCUT2D eigenvalue weighted by atomic mass is 10.0. The zero-order valence-electron chi connectivity index (χ0n) is 10.8. The number of phenols is 1. The van der Waals surface area contributed by atoms with E-state index in [0.29, 0.717) is 12.1 Å². The number of halogens is 1. The lowest BCUT2D eigenvalue weighted by Crippen LogP contribution is -2.24. The number of nitrogens with zero attached hydrogens (tertiary/aromatic N) is 1. The van der Waals surface area contributed by atoms with Crippen LogP contribution in [0.25, 0.3) is 0 Å². The number of aromatic hydroxyl groups is 1. The highest BCUT2D eigenvalue weighted by atomic mass is 19.1. The summed E-state index contributed by atoms with van der Waals surface area (Å²) in [7, 11) is 0. The highest BCUT2D eigenvalue weighted by Crippen LogP contribution is 2.20. The molecule has 0 aliphatic heterocycles. The Morgan fingerprint density at radius 3 is 2.63 bits per heavy atom. The number of hydrogen-bond donors (Lipinski definition) is 2. The van der Waals surface area contributed by atoms with Gasteiger partial charge < -0.3 is 10.4 Å². The summed E-state index contributed by atoms with van der Waals surface area (Å²) in [5, 5.41) is 12.5. The first-order valence-electron chi connectivity index (χ1n) is 6.32. The van der Waals surface area contributed by atoms with Gasteiger partial charge in [0.1, 0.15) is 11.6 Å². The van der Waals surface area contributed by atoms with Gasteiger partial charge in [-0.25, -0.2) is 4.39 Å². The second-order valence-electron chi connectivity index (χ2n) is 4.35. The van der Waals surface area contributed by atoms with E-state index in [1.54, 1.807) is 24.4 Å². The summed E-state index contributed by atoms with van der Waals surface area (Å²) >= 11 is 0. The molecular weight excluding hydrogens is 243 g/mol. The van der Waals surface area contributed by atoms with Crippen molar-refractivity contribution in [2.75, 3.05) is 6.54 Å². The summed E-state index contributed by atoms with van der Waals surface area (Å²) in [6, 6.07) is 9.77. The van der Waals surface area contributed by atoms with Crippen LogP contribution in [0.2, 0.25) is 0 Å². The summed E-state index contributed by atoms with van der Waals surface area (Å²) in [4.78, 5) is 4.12. The quantitative estimate of drug-likeness (QED) is 0.869. The molecule has 19 heavy (non-hydrogen) atoms. The number of likely N-dealkylation sites (N-methyl/N-ethyl adjacent to an activating group) is 1. The SMILES string of the molecule is CCNC(Cc1ccc(O)cc1)c1ncccc1F. The average molecular weight is 260 g/mol. The van der Waals surface area contributed by atoms with Crippen molar-refractivity contribution >= 4 is 0 Å². The minimum atomic E-state index is -0.299. The zero-order chi connectivity index (χ0) is 13.7. The number of phenolic OH excluding ortho intramolecular Hbond substituents is 1. The number of aromatic nitrogens is 1. The first kappa shape index (κ1) is 13.5. The van der Waals surface area contributed by atoms with Gasteiger partial charge in [0.05, 0.1) is 11.7 Å². The number of pyridine rings is 1. The van der Waals surface area contributed by atoms with Crippen molar-refractivity contribution in [2.45, 2.75) is 19.4 Å². The van der Waals surface area contributed by atoms with Crippen LogP contribution in [0.3, 0.4) is 0 Å². The Hall–Kier alpha value is -1.94. The predicted molar refractivity (Wildman–Crippen MR) is 72.4 cm³/mol. The molecule has 0 radical (unpaired) electrons. The molecule has 0 saturated heterocycles. The molecule has 1 aromatic heterocycles. The van der Waals surface area contributed by atoms with E-state index < -0.39 is 0 Å². The zero-order valence-corrected chi connectivity index (χ0v) is 10.8. The monoisotopic (exact) mass is 260 g/mol. The highest BCUT2D eigenvalue weighted by molar-refractivity contribution is 5.27. The molecule has 3 nitrogen and oxygen atoms in total. The van der Waals surface area contributed by atoms with E-state index in [1.165, 1.54) is 6.07 Å². The van der Waals surface area contributed by atoms with Crippen molar-refractivity contribution in [1.82, 2.24) is 10.3 Å². The van der Waals surface area contributed by atoms with Gasteiger partial charge in [0.25, 0.3) is 0 Å². The van der Waals surface area contributed by atoms with Gasteiger partial charge in [0.2, 0.25) is 0 Å². The van der Waals surface area contributed by atoms with E-state index in [4.69, 9.17) is 0 Å². The summed E-state index contributed by atoms with van der Waals surface area (Å²) in [5.41, 5.74) is 1.45. The molecule has 0 bridgehead atoms. The number of benzene rings is 1. The Kier molecular flexibility index (Phi) is 4.47. The molecule has 1 atom stereocenters. The fourth-order valence-electron chi connectivity index (χ4n) is 2.03. The molecule has 0 amide bonds. The Morgan fingerprint density at radius 1 is 1.26 bits per heavy atom. The molecule has 0 saturated carbocycles. The minimum absolute atomic E-state index is 0.171. The molecule has 0 aliphatic carbocycles. The van der Waals surface area contributed by atoms with Gasteiger partial charge in [-0.1, -0.05) is 19.1 Å². The van der Waals surface area contributed by atoms with E-state index in [2.05, 4.69) is 10.3 Å². The lowest BCUT2D eigenvalue weighted by Gasteiger charge is -2.18. The molecule has 2 N–H and O–H groups in total. The standard InChI is InChI=1S/C15H17FN2O/c1-2-17-14(15-13(16)4-3-9-18-15)10-11-5-7-12(19)8-6-11/h3-9,14,17,19H,2,10H2,1H3. The van der Waals surface area contributed by atoms with E-state index in [-0.39, 0.29) is 17.6 Å². The normalized spacial score (nSPS) is 12.3.